The number of hydrogen-bond acceptors (Lipinski definition) is 5. The fraction of sp³-hybridized carbons (Fsp3) is 0.350. The Balaban J connectivity index is 1.85. The van der Waals surface area contributed by atoms with Crippen LogP contribution in [0.25, 0.3) is 0 Å². The second kappa shape index (κ2) is 8.72. The molecule has 1 aliphatic carbocycles. The summed E-state index contributed by atoms with van der Waals surface area (Å²) in [5, 5.41) is 3.30. The number of alkyl halides is 7. The van der Waals surface area contributed by atoms with E-state index in [1.807, 2.05) is 0 Å². The lowest BCUT2D eigenvalue weighted by Gasteiger charge is -2.26. The molecule has 2 aromatic rings. The first-order chi connectivity index (χ1) is 15.7. The molecule has 0 bridgehead atoms. The number of carbonyl (C=O) groups excluding carboxylic acids is 2. The Morgan fingerprint density at radius 1 is 1.03 bits per heavy atom. The van der Waals surface area contributed by atoms with Crippen molar-refractivity contribution in [2.75, 3.05) is 0 Å². The van der Waals surface area contributed by atoms with E-state index in [1.54, 1.807) is 0 Å². The van der Waals surface area contributed by atoms with Crippen LogP contribution in [0.1, 0.15) is 40.3 Å². The van der Waals surface area contributed by atoms with Crippen LogP contribution in [0.3, 0.4) is 0 Å². The molecular weight excluding hydrogens is 484 g/mol. The molecule has 6 nitrogen and oxygen atoms in total. The molecular formula is C20H14F8N2O4. The SMILES string of the molecule is Cc1c(C(=O)Oc2ccc(F)cc2)oc2c1/C(=N/NC(=O)C(F)(F)C(F)(F)C(F)(F)F)CCC2. The van der Waals surface area contributed by atoms with Crippen LogP contribution >= 0.6 is 0 Å². The molecule has 0 fully saturated rings. The van der Waals surface area contributed by atoms with Gasteiger partial charge in [-0.3, -0.25) is 4.79 Å². The molecule has 0 spiro atoms. The zero-order valence-corrected chi connectivity index (χ0v) is 17.0. The molecule has 0 saturated heterocycles. The lowest BCUT2D eigenvalue weighted by atomic mass is 9.93. The second-order valence-electron chi connectivity index (χ2n) is 7.20. The van der Waals surface area contributed by atoms with Crippen LogP contribution in [0, 0.1) is 12.7 Å². The highest BCUT2D eigenvalue weighted by atomic mass is 19.4. The van der Waals surface area contributed by atoms with Crippen molar-refractivity contribution in [2.45, 2.75) is 44.2 Å². The maximum atomic E-state index is 13.5. The Morgan fingerprint density at radius 2 is 1.65 bits per heavy atom. The van der Waals surface area contributed by atoms with Crippen molar-refractivity contribution in [3.8, 4) is 5.75 Å². The summed E-state index contributed by atoms with van der Waals surface area (Å²) in [6, 6.07) is 4.41. The van der Waals surface area contributed by atoms with Gasteiger partial charge in [0.15, 0.2) is 0 Å². The van der Waals surface area contributed by atoms with Gasteiger partial charge in [0, 0.05) is 17.5 Å². The van der Waals surface area contributed by atoms with Gasteiger partial charge in [0.1, 0.15) is 17.3 Å². The van der Waals surface area contributed by atoms with Gasteiger partial charge in [0.05, 0.1) is 5.71 Å². The second-order valence-corrected chi connectivity index (χ2v) is 7.20. The summed E-state index contributed by atoms with van der Waals surface area (Å²) in [4.78, 5) is 23.9. The fourth-order valence-corrected chi connectivity index (χ4v) is 3.14. The monoisotopic (exact) mass is 498 g/mol. The van der Waals surface area contributed by atoms with Gasteiger partial charge in [-0.05, 0) is 44.0 Å². The molecule has 1 N–H and O–H groups in total. The minimum atomic E-state index is -6.68. The largest absolute Gasteiger partial charge is 0.460 e. The third-order valence-corrected chi connectivity index (χ3v) is 4.86. The van der Waals surface area contributed by atoms with Gasteiger partial charge in [0.2, 0.25) is 5.76 Å². The summed E-state index contributed by atoms with van der Waals surface area (Å²) in [6.45, 7) is 1.36. The van der Waals surface area contributed by atoms with Crippen molar-refractivity contribution >= 4 is 17.6 Å². The third-order valence-electron chi connectivity index (χ3n) is 4.86. The van der Waals surface area contributed by atoms with Gasteiger partial charge in [0.25, 0.3) is 0 Å². The Labute approximate surface area is 185 Å². The highest BCUT2D eigenvalue weighted by Crippen LogP contribution is 2.46. The van der Waals surface area contributed by atoms with Crippen molar-refractivity contribution < 1.29 is 53.9 Å². The van der Waals surface area contributed by atoms with E-state index in [-0.39, 0.29) is 53.4 Å². The van der Waals surface area contributed by atoms with Crippen molar-refractivity contribution in [1.82, 2.24) is 5.43 Å². The van der Waals surface area contributed by atoms with Gasteiger partial charge in [-0.15, -0.1) is 0 Å². The highest BCUT2D eigenvalue weighted by molar-refractivity contribution is 6.06. The number of hydrazone groups is 1. The van der Waals surface area contributed by atoms with Crippen LogP contribution in [0.5, 0.6) is 5.75 Å². The quantitative estimate of drug-likeness (QED) is 0.274. The number of aryl methyl sites for hydroxylation is 1. The van der Waals surface area contributed by atoms with E-state index >= 15 is 0 Å². The van der Waals surface area contributed by atoms with Crippen LogP contribution in [-0.4, -0.2) is 35.6 Å². The Hall–Kier alpha value is -3.45. The first-order valence-electron chi connectivity index (χ1n) is 9.46. The number of furan rings is 1. The van der Waals surface area contributed by atoms with E-state index in [2.05, 4.69) is 5.10 Å². The molecule has 3 rings (SSSR count). The zero-order chi connectivity index (χ0) is 25.5. The van der Waals surface area contributed by atoms with Gasteiger partial charge < -0.3 is 9.15 Å². The number of amides is 1. The summed E-state index contributed by atoms with van der Waals surface area (Å²) < 4.78 is 113. The van der Waals surface area contributed by atoms with E-state index in [0.29, 0.717) is 0 Å². The summed E-state index contributed by atoms with van der Waals surface area (Å²) in [6.07, 6.45) is -6.16. The molecule has 34 heavy (non-hydrogen) atoms. The minimum Gasteiger partial charge on any atom is -0.453 e. The molecule has 0 aliphatic heterocycles. The van der Waals surface area contributed by atoms with Crippen LogP contribution in [0.4, 0.5) is 35.1 Å². The zero-order valence-electron chi connectivity index (χ0n) is 17.0. The van der Waals surface area contributed by atoms with Crippen LogP contribution in [0.15, 0.2) is 33.8 Å². The molecule has 1 heterocycles. The van der Waals surface area contributed by atoms with Crippen molar-refractivity contribution in [1.29, 1.82) is 0 Å². The average molecular weight is 498 g/mol. The molecule has 1 aromatic carbocycles. The van der Waals surface area contributed by atoms with E-state index in [9.17, 15) is 44.7 Å². The standard InChI is InChI=1S/C20H14F8N2O4/c1-9-14-12(29-30-17(32)18(22,23)19(24,25)20(26,27)28)3-2-4-13(14)34-15(9)16(31)33-11-7-5-10(21)6-8-11/h5-8H,2-4H2,1H3,(H,30,32)/b29-12+. The number of benzene rings is 1. The molecule has 1 aliphatic rings. The first kappa shape index (κ1) is 25.2. The van der Waals surface area contributed by atoms with E-state index in [0.717, 1.165) is 17.6 Å². The lowest BCUT2D eigenvalue weighted by molar-refractivity contribution is -0.344. The molecule has 1 amide bonds. The number of carbonyl (C=O) groups is 2. The molecule has 0 saturated carbocycles. The van der Waals surface area contributed by atoms with E-state index in [1.165, 1.54) is 19.1 Å². The van der Waals surface area contributed by atoms with Gasteiger partial charge in [-0.25, -0.2) is 14.6 Å². The topological polar surface area (TPSA) is 80.9 Å². The van der Waals surface area contributed by atoms with Gasteiger partial charge >= 0.3 is 29.9 Å². The van der Waals surface area contributed by atoms with Crippen molar-refractivity contribution in [3.05, 3.63) is 52.7 Å². The van der Waals surface area contributed by atoms with Crippen LogP contribution in [-0.2, 0) is 11.2 Å². The van der Waals surface area contributed by atoms with Gasteiger partial charge in [-0.1, -0.05) is 0 Å². The molecule has 1 aromatic heterocycles. The number of nitrogens with zero attached hydrogens (tertiary/aromatic N) is 1. The average Bonchev–Trinajstić information content (AvgIpc) is 3.10. The number of nitrogens with one attached hydrogen (secondary N) is 1. The Kier molecular flexibility index (Phi) is 6.46. The predicted octanol–water partition coefficient (Wildman–Crippen LogP) is 4.94. The molecule has 14 heteroatoms. The summed E-state index contributed by atoms with van der Waals surface area (Å²) in [5.74, 6) is -17.5. The lowest BCUT2D eigenvalue weighted by Crippen LogP contribution is -2.58. The molecule has 0 radical (unpaired) electrons. The van der Waals surface area contributed by atoms with E-state index < -0.39 is 35.7 Å². The third kappa shape index (κ3) is 4.48. The van der Waals surface area contributed by atoms with Crippen LogP contribution in [0.2, 0.25) is 0 Å². The fourth-order valence-electron chi connectivity index (χ4n) is 3.14. The van der Waals surface area contributed by atoms with Crippen molar-refractivity contribution in [3.63, 3.8) is 0 Å². The number of hydrogen-bond donors (Lipinski definition) is 1. The molecule has 0 atom stereocenters. The minimum absolute atomic E-state index is 0.00133. The number of fused-ring (bicyclic) bond motifs is 1. The molecule has 0 unspecified atom stereocenters. The maximum absolute atomic E-state index is 13.5. The molecule has 184 valence electrons. The summed E-state index contributed by atoms with van der Waals surface area (Å²) in [5.41, 5.74) is 1.06. The summed E-state index contributed by atoms with van der Waals surface area (Å²) in [7, 11) is 0. The highest BCUT2D eigenvalue weighted by Gasteiger charge is 2.76. The predicted molar refractivity (Wildman–Crippen MR) is 98.4 cm³/mol. The Bertz CT molecular complexity index is 1140. The number of halogens is 8. The number of esters is 1. The smallest absolute Gasteiger partial charge is 0.453 e. The van der Waals surface area contributed by atoms with Crippen LogP contribution < -0.4 is 10.2 Å². The number of rotatable bonds is 5. The van der Waals surface area contributed by atoms with Crippen molar-refractivity contribution in [2.24, 2.45) is 5.10 Å². The normalized spacial score (nSPS) is 15.7. The first-order valence-corrected chi connectivity index (χ1v) is 9.46. The number of ether oxygens (including phenoxy) is 1. The Morgan fingerprint density at radius 3 is 2.24 bits per heavy atom. The van der Waals surface area contributed by atoms with E-state index in [4.69, 9.17) is 9.15 Å². The van der Waals surface area contributed by atoms with Gasteiger partial charge in [-0.2, -0.15) is 35.8 Å². The maximum Gasteiger partial charge on any atom is 0.460 e. The summed E-state index contributed by atoms with van der Waals surface area (Å²) >= 11 is 0.